The van der Waals surface area contributed by atoms with E-state index < -0.39 is 24.7 Å². The Morgan fingerprint density at radius 3 is 1.02 bits per heavy atom. The molecule has 10 saturated carbocycles. The molecule has 0 amide bonds. The van der Waals surface area contributed by atoms with E-state index in [9.17, 15) is 0 Å². The summed E-state index contributed by atoms with van der Waals surface area (Å²) in [6, 6.07) is 0.673. The van der Waals surface area contributed by atoms with Crippen molar-refractivity contribution in [1.29, 1.82) is 0 Å². The van der Waals surface area contributed by atoms with Gasteiger partial charge in [0, 0.05) is 0 Å². The van der Waals surface area contributed by atoms with Crippen LogP contribution in [0.15, 0.2) is 23.3 Å². The number of allylic oxidation sites excluding steroid dienone is 4. The second-order valence-corrected chi connectivity index (χ2v) is 51.1. The van der Waals surface area contributed by atoms with E-state index in [4.69, 9.17) is 20.3 Å². The summed E-state index contributed by atoms with van der Waals surface area (Å²) in [5, 5.41) is 4.94. The van der Waals surface area contributed by atoms with E-state index in [2.05, 4.69) is 197 Å². The molecule has 4 bridgehead atoms. The smallest absolute Gasteiger partial charge is 0.662 e. The summed E-state index contributed by atoms with van der Waals surface area (Å²) in [6.45, 7) is 67.0. The molecule has 0 radical (unpaired) electrons. The summed E-state index contributed by atoms with van der Waals surface area (Å²) in [7, 11) is -4.56. The van der Waals surface area contributed by atoms with E-state index in [1.165, 1.54) is 109 Å². The Morgan fingerprint density at radius 2 is 0.696 bits per heavy atom. The predicted octanol–water partition coefficient (Wildman–Crippen LogP) is 31.0. The molecule has 11 aliphatic rings. The zero-order valence-corrected chi connectivity index (χ0v) is 85.8. The molecule has 11 aliphatic carbocycles. The van der Waals surface area contributed by atoms with Crippen LogP contribution in [0.25, 0.3) is 20.3 Å². The Kier molecular flexibility index (Phi) is 62.7. The van der Waals surface area contributed by atoms with E-state index in [0.29, 0.717) is 17.0 Å². The fraction of sp³-hybridized carbons (Fsp3) is 0.824. The maximum absolute atomic E-state index is 5.89. The van der Waals surface area contributed by atoms with Crippen molar-refractivity contribution < 1.29 is 86.9 Å². The third-order valence-electron chi connectivity index (χ3n) is 27.8. The van der Waals surface area contributed by atoms with Gasteiger partial charge in [-0.05, 0) is 162 Å². The molecule has 0 aromatic heterocycles. The Morgan fingerprint density at radius 1 is 0.392 bits per heavy atom. The molecule has 10 fully saturated rings. The second kappa shape index (κ2) is 50.9. The zero-order valence-electron chi connectivity index (χ0n) is 76.6. The van der Waals surface area contributed by atoms with Crippen molar-refractivity contribution >= 4 is 24.7 Å². The van der Waals surface area contributed by atoms with Crippen LogP contribution in [0.1, 0.15) is 274 Å². The molecule has 0 spiro atoms. The third kappa shape index (κ3) is 31.9. The summed E-state index contributed by atoms with van der Waals surface area (Å²) < 4.78 is 0. The molecule has 16 atom stereocenters. The van der Waals surface area contributed by atoms with Crippen LogP contribution in [0.4, 0.5) is 0 Å². The maximum Gasteiger partial charge on any atom is 4.00 e. The summed E-state index contributed by atoms with van der Waals surface area (Å²) >= 11 is 0. The van der Waals surface area contributed by atoms with Crippen LogP contribution in [0.3, 0.4) is 0 Å². The normalized spacial score (nSPS) is 36.1. The summed E-state index contributed by atoms with van der Waals surface area (Å²) in [4.78, 5) is 16.8. The van der Waals surface area contributed by atoms with Gasteiger partial charge < -0.3 is 109 Å². The largest absolute Gasteiger partial charge is 4.00 e. The standard InChI is InChI=1S/C23H46NSi.C21H38NSi.C20H32N.C15H32NSi.12CH3.4Ti/c1-18-19(2)21(4)23(20(18)3)25(5,6)24-22-16-14-12-10-8-7-9-11-13-15-17-22;1-13-14(2)16(4)20(15(13)3)23(5,6)22-21-10-17-7-18(11-21)9-19(8-17)12-21;1-13-7-14-8-15-10-20(5,6)11-16(15)9-17(14)18(13)12-21-19(2,3)4;1-10-11(2)13(4)14(12(10)3)17(8,9)16-15(5,6)7;;;;;;;;;;;;;;;;/h18-23H,7-17H2,1-6H3;13-20H,7-12H2,1-6H3;8-9,13-14,17-18H,7,10-12H2,1-6H3;10-14H,1-9H3;12*1H3;;;;/q16*-1;4*+4. The summed E-state index contributed by atoms with van der Waals surface area (Å²) in [5.41, 5.74) is 7.12. The predicted molar refractivity (Wildman–Crippen MR) is 467 cm³/mol. The van der Waals surface area contributed by atoms with Crippen LogP contribution in [-0.4, -0.2) is 53.9 Å². The van der Waals surface area contributed by atoms with Crippen molar-refractivity contribution in [2.75, 3.05) is 6.54 Å². The molecule has 4 nitrogen and oxygen atoms in total. The number of rotatable bonds is 10. The van der Waals surface area contributed by atoms with Crippen LogP contribution in [0.2, 0.25) is 55.9 Å². The van der Waals surface area contributed by atoms with Gasteiger partial charge in [0.2, 0.25) is 0 Å². The Hall–Kier alpha value is 2.83. The fourth-order valence-electron chi connectivity index (χ4n) is 23.5. The minimum atomic E-state index is -1.54. The van der Waals surface area contributed by atoms with Gasteiger partial charge in [-0.1, -0.05) is 334 Å². The van der Waals surface area contributed by atoms with E-state index in [0.717, 1.165) is 136 Å². The van der Waals surface area contributed by atoms with Crippen LogP contribution in [-0.2, 0) is 86.9 Å². The minimum absolute atomic E-state index is 0. The van der Waals surface area contributed by atoms with Crippen molar-refractivity contribution in [2.24, 2.45) is 118 Å². The van der Waals surface area contributed by atoms with Gasteiger partial charge >= 0.3 is 86.9 Å². The molecule has 102 heavy (non-hydrogen) atoms. The molecule has 0 aromatic rings. The van der Waals surface area contributed by atoms with Crippen molar-refractivity contribution in [3.63, 3.8) is 0 Å². The molecule has 596 valence electrons. The molecule has 11 heteroatoms. The molecule has 0 N–H and O–H groups in total. The molecule has 0 aromatic carbocycles. The first-order valence-corrected chi connectivity index (χ1v) is 47.0. The number of hydrogen-bond acceptors (Lipinski definition) is 0. The van der Waals surface area contributed by atoms with Crippen molar-refractivity contribution in [3.8, 4) is 0 Å². The first kappa shape index (κ1) is 126. The van der Waals surface area contributed by atoms with Gasteiger partial charge in [-0.15, -0.1) is 29.2 Å². The zero-order chi connectivity index (χ0) is 64.0. The summed E-state index contributed by atoms with van der Waals surface area (Å²) in [5.74, 6) is 16.6. The molecular weight excluding hydrogens is 1420 g/mol. The number of fused-ring (bicyclic) bond motifs is 2. The Labute approximate surface area is 714 Å². The first-order valence-electron chi connectivity index (χ1n) is 38.0. The first-order chi connectivity index (χ1) is 39.7. The van der Waals surface area contributed by atoms with Gasteiger partial charge in [0.1, 0.15) is 0 Å². The molecular formula is C91H184N4Si3Ti4. The fourth-order valence-corrected chi connectivity index (χ4v) is 37.9. The molecule has 11 rings (SSSR count). The third-order valence-corrected chi connectivity index (χ3v) is 39.1. The summed E-state index contributed by atoms with van der Waals surface area (Å²) in [6.07, 6.45) is 34.0. The number of hydrogen-bond donors (Lipinski definition) is 0. The van der Waals surface area contributed by atoms with E-state index in [1.807, 2.05) is 0 Å². The number of nitrogens with zero attached hydrogens (tertiary/aromatic N) is 4. The quantitative estimate of drug-likeness (QED) is 0.155. The van der Waals surface area contributed by atoms with E-state index >= 15 is 0 Å². The Balaban J connectivity index is -0.000000132. The van der Waals surface area contributed by atoms with Gasteiger partial charge in [-0.3, -0.25) is 0 Å². The van der Waals surface area contributed by atoms with Crippen LogP contribution < -0.4 is 0 Å². The molecule has 0 saturated heterocycles. The van der Waals surface area contributed by atoms with Crippen molar-refractivity contribution in [1.82, 2.24) is 0 Å². The van der Waals surface area contributed by atoms with Crippen LogP contribution in [0.5, 0.6) is 0 Å². The molecule has 0 heterocycles. The minimum Gasteiger partial charge on any atom is -0.662 e. The topological polar surface area (TPSA) is 56.4 Å². The van der Waals surface area contributed by atoms with Crippen LogP contribution in [0, 0.1) is 207 Å². The van der Waals surface area contributed by atoms with Gasteiger partial charge in [-0.2, -0.15) is 0 Å². The Bertz CT molecular complexity index is 2130. The van der Waals surface area contributed by atoms with Gasteiger partial charge in [0.15, 0.2) is 0 Å². The van der Waals surface area contributed by atoms with Gasteiger partial charge in [0.25, 0.3) is 0 Å². The van der Waals surface area contributed by atoms with E-state index in [-0.39, 0.29) is 187 Å². The average molecular weight is 1610 g/mol. The maximum atomic E-state index is 5.89. The average Bonchev–Trinajstić information content (AvgIpc) is 0.807. The second-order valence-electron chi connectivity index (χ2n) is 38.5. The van der Waals surface area contributed by atoms with Crippen LogP contribution >= 0.6 is 0 Å². The van der Waals surface area contributed by atoms with Crippen molar-refractivity contribution in [3.05, 3.63) is 133 Å². The molecule has 0 aliphatic heterocycles. The SMILES string of the molecule is CC1C(C)C(C)C([Si](C)(C)[N-]C(C)(C)C)C1C.CC1C(C)C(C)C([Si](C)(C)[N-]C23CC4CC(CC(C4)C2)C3)C1C.CC1C(C)C(C)C([Si](C)(C)[N-]C2CCCCCCCCCCC2)C1C.CC1CC2C=C3CC(C)(C)CC3=CC2C1C[N-]C(C)(C)C.[CH3-].[CH3-].[CH3-].[CH3-].[CH3-].[CH3-].[CH3-].[CH3-].[CH3-].[CH3-].[CH3-].[CH3-].[Ti+4].[Ti+4].[Ti+4].[Ti+4]. The van der Waals surface area contributed by atoms with Crippen molar-refractivity contribution in [2.45, 2.75) is 352 Å². The molecule has 16 unspecified atom stereocenters. The van der Waals surface area contributed by atoms with Gasteiger partial charge in [0.05, 0.1) is 0 Å². The van der Waals surface area contributed by atoms with Gasteiger partial charge in [-0.25, -0.2) is 0 Å². The monoisotopic (exact) mass is 1610 g/mol. The van der Waals surface area contributed by atoms with E-state index in [1.54, 1.807) is 30.4 Å².